The van der Waals surface area contributed by atoms with E-state index >= 15 is 0 Å². The first kappa shape index (κ1) is 13.0. The summed E-state index contributed by atoms with van der Waals surface area (Å²) in [6, 6.07) is 6.06. The van der Waals surface area contributed by atoms with Crippen molar-refractivity contribution in [3.63, 3.8) is 0 Å². The van der Waals surface area contributed by atoms with E-state index in [1.165, 1.54) is 0 Å². The number of fused-ring (bicyclic) bond motifs is 1. The molecule has 20 heavy (non-hydrogen) atoms. The highest BCUT2D eigenvalue weighted by molar-refractivity contribution is 7.16. The molecule has 0 amide bonds. The summed E-state index contributed by atoms with van der Waals surface area (Å²) in [5.74, 6) is 1.78. The summed E-state index contributed by atoms with van der Waals surface area (Å²) < 4.78 is 0. The van der Waals surface area contributed by atoms with E-state index < -0.39 is 0 Å². The third-order valence-electron chi connectivity index (χ3n) is 3.00. The average Bonchev–Trinajstić information content (AvgIpc) is 2.94. The molecule has 5 heteroatoms. The van der Waals surface area contributed by atoms with Gasteiger partial charge in [-0.15, -0.1) is 11.3 Å². The predicted octanol–water partition coefficient (Wildman–Crippen LogP) is 3.50. The van der Waals surface area contributed by atoms with Crippen LogP contribution < -0.4 is 5.32 Å². The van der Waals surface area contributed by atoms with Crippen molar-refractivity contribution in [1.82, 2.24) is 15.0 Å². The molecule has 0 spiro atoms. The molecular formula is C15H16N4S. The van der Waals surface area contributed by atoms with E-state index in [1.807, 2.05) is 18.3 Å². The molecule has 0 radical (unpaired) electrons. The first-order valence-electron chi connectivity index (χ1n) is 6.73. The van der Waals surface area contributed by atoms with Gasteiger partial charge in [-0.25, -0.2) is 9.97 Å². The van der Waals surface area contributed by atoms with Crippen molar-refractivity contribution in [2.75, 3.05) is 11.9 Å². The highest BCUT2D eigenvalue weighted by Gasteiger charge is 2.09. The number of nitrogens with zero attached hydrogens (tertiary/aromatic N) is 3. The van der Waals surface area contributed by atoms with Crippen molar-refractivity contribution in [1.29, 1.82) is 0 Å². The van der Waals surface area contributed by atoms with E-state index in [0.717, 1.165) is 40.4 Å². The summed E-state index contributed by atoms with van der Waals surface area (Å²) >= 11 is 1.65. The minimum atomic E-state index is 0.711. The Bertz CT molecular complexity index is 693. The largest absolute Gasteiger partial charge is 0.369 e. The normalized spacial score (nSPS) is 10.8. The van der Waals surface area contributed by atoms with Gasteiger partial charge in [0.15, 0.2) is 0 Å². The van der Waals surface area contributed by atoms with Crippen LogP contribution in [0.25, 0.3) is 10.2 Å². The second-order valence-corrected chi connectivity index (χ2v) is 5.49. The topological polar surface area (TPSA) is 50.7 Å². The first-order chi connectivity index (χ1) is 9.86. The highest BCUT2D eigenvalue weighted by atomic mass is 32.1. The fourth-order valence-electron chi connectivity index (χ4n) is 2.04. The molecule has 4 nitrogen and oxygen atoms in total. The smallest absolute Gasteiger partial charge is 0.138 e. The molecule has 3 aromatic heterocycles. The molecule has 0 aromatic carbocycles. The number of hydrogen-bond acceptors (Lipinski definition) is 5. The maximum Gasteiger partial charge on any atom is 0.138 e. The van der Waals surface area contributed by atoms with E-state index in [2.05, 4.69) is 38.6 Å². The quantitative estimate of drug-likeness (QED) is 0.779. The zero-order valence-electron chi connectivity index (χ0n) is 11.3. The number of rotatable bonds is 5. The fourth-order valence-corrected chi connectivity index (χ4v) is 2.82. The number of thiophene rings is 1. The van der Waals surface area contributed by atoms with Gasteiger partial charge in [-0.2, -0.15) is 0 Å². The number of hydrogen-bond donors (Lipinski definition) is 1. The number of aromatic nitrogens is 3. The zero-order valence-corrected chi connectivity index (χ0v) is 12.2. The molecule has 102 valence electrons. The maximum atomic E-state index is 4.66. The van der Waals surface area contributed by atoms with Gasteiger partial charge in [-0.1, -0.05) is 13.0 Å². The lowest BCUT2D eigenvalue weighted by Crippen LogP contribution is -2.06. The lowest BCUT2D eigenvalue weighted by molar-refractivity contribution is 0.945. The summed E-state index contributed by atoms with van der Waals surface area (Å²) in [4.78, 5) is 14.5. The fraction of sp³-hybridized carbons (Fsp3) is 0.267. The standard InChI is InChI=1S/C15H16N4S/c1-2-6-17-14-12-5-8-20-15(12)19-13(18-14)9-11-4-3-7-16-10-11/h3-5,7-8,10H,2,6,9H2,1H3,(H,17,18,19). The molecule has 0 unspecified atom stereocenters. The van der Waals surface area contributed by atoms with Crippen LogP contribution >= 0.6 is 11.3 Å². The lowest BCUT2D eigenvalue weighted by atomic mass is 10.2. The molecule has 0 aliphatic carbocycles. The molecule has 0 aliphatic rings. The molecule has 0 saturated carbocycles. The van der Waals surface area contributed by atoms with Crippen LogP contribution in [-0.4, -0.2) is 21.5 Å². The van der Waals surface area contributed by atoms with E-state index in [9.17, 15) is 0 Å². The Labute approximate surface area is 121 Å². The Kier molecular flexibility index (Phi) is 3.87. The van der Waals surface area contributed by atoms with E-state index in [-0.39, 0.29) is 0 Å². The van der Waals surface area contributed by atoms with Crippen molar-refractivity contribution in [2.24, 2.45) is 0 Å². The Hall–Kier alpha value is -2.01. The lowest BCUT2D eigenvalue weighted by Gasteiger charge is -2.08. The summed E-state index contributed by atoms with van der Waals surface area (Å²) in [6.07, 6.45) is 5.43. The molecule has 0 fully saturated rings. The van der Waals surface area contributed by atoms with Gasteiger partial charge in [-0.3, -0.25) is 4.98 Å². The van der Waals surface area contributed by atoms with Crippen LogP contribution in [0.15, 0.2) is 36.0 Å². The summed E-state index contributed by atoms with van der Waals surface area (Å²) in [6.45, 7) is 3.07. The first-order valence-corrected chi connectivity index (χ1v) is 7.61. The maximum absolute atomic E-state index is 4.66. The summed E-state index contributed by atoms with van der Waals surface area (Å²) in [5.41, 5.74) is 1.13. The van der Waals surface area contributed by atoms with Crippen LogP contribution in [0.5, 0.6) is 0 Å². The Morgan fingerprint density at radius 3 is 3.00 bits per heavy atom. The van der Waals surface area contributed by atoms with Crippen molar-refractivity contribution in [3.05, 3.63) is 47.4 Å². The van der Waals surface area contributed by atoms with Crippen molar-refractivity contribution in [2.45, 2.75) is 19.8 Å². The molecule has 3 aromatic rings. The minimum absolute atomic E-state index is 0.711. The number of anilines is 1. The van der Waals surface area contributed by atoms with Crippen LogP contribution in [0, 0.1) is 0 Å². The molecule has 3 heterocycles. The second kappa shape index (κ2) is 5.96. The van der Waals surface area contributed by atoms with E-state index in [1.54, 1.807) is 17.5 Å². The van der Waals surface area contributed by atoms with Gasteiger partial charge in [0.2, 0.25) is 0 Å². The predicted molar refractivity (Wildman–Crippen MR) is 83.2 cm³/mol. The van der Waals surface area contributed by atoms with Crippen LogP contribution in [0.1, 0.15) is 24.7 Å². The van der Waals surface area contributed by atoms with Crippen LogP contribution in [0.3, 0.4) is 0 Å². The van der Waals surface area contributed by atoms with E-state index in [4.69, 9.17) is 0 Å². The molecule has 0 bridgehead atoms. The van der Waals surface area contributed by atoms with Crippen LogP contribution in [0.2, 0.25) is 0 Å². The van der Waals surface area contributed by atoms with Gasteiger partial charge in [0.25, 0.3) is 0 Å². The number of pyridine rings is 1. The third kappa shape index (κ3) is 2.77. The van der Waals surface area contributed by atoms with Gasteiger partial charge in [0, 0.05) is 25.4 Å². The molecule has 1 N–H and O–H groups in total. The summed E-state index contributed by atoms with van der Waals surface area (Å²) in [5, 5.41) is 6.56. The highest BCUT2D eigenvalue weighted by Crippen LogP contribution is 2.25. The Morgan fingerprint density at radius 1 is 1.25 bits per heavy atom. The SMILES string of the molecule is CCCNc1nc(Cc2cccnc2)nc2sccc12. The van der Waals surface area contributed by atoms with Gasteiger partial charge in [-0.05, 0) is 29.5 Å². The monoisotopic (exact) mass is 284 g/mol. The molecule has 0 aliphatic heterocycles. The molecule has 0 saturated heterocycles. The average molecular weight is 284 g/mol. The minimum Gasteiger partial charge on any atom is -0.369 e. The van der Waals surface area contributed by atoms with Crippen LogP contribution in [-0.2, 0) is 6.42 Å². The van der Waals surface area contributed by atoms with Crippen molar-refractivity contribution in [3.8, 4) is 0 Å². The van der Waals surface area contributed by atoms with Gasteiger partial charge in [0.1, 0.15) is 16.5 Å². The van der Waals surface area contributed by atoms with Crippen molar-refractivity contribution >= 4 is 27.4 Å². The Balaban J connectivity index is 1.94. The molecular weight excluding hydrogens is 268 g/mol. The van der Waals surface area contributed by atoms with Crippen molar-refractivity contribution < 1.29 is 0 Å². The van der Waals surface area contributed by atoms with Gasteiger partial charge < -0.3 is 5.32 Å². The van der Waals surface area contributed by atoms with Gasteiger partial charge >= 0.3 is 0 Å². The van der Waals surface area contributed by atoms with E-state index in [0.29, 0.717) is 6.42 Å². The molecule has 0 atom stereocenters. The number of nitrogens with one attached hydrogen (secondary N) is 1. The van der Waals surface area contributed by atoms with Gasteiger partial charge in [0.05, 0.1) is 5.39 Å². The Morgan fingerprint density at radius 2 is 2.20 bits per heavy atom. The molecule has 3 rings (SSSR count). The third-order valence-corrected chi connectivity index (χ3v) is 3.81. The second-order valence-electron chi connectivity index (χ2n) is 4.59. The summed E-state index contributed by atoms with van der Waals surface area (Å²) in [7, 11) is 0. The zero-order chi connectivity index (χ0) is 13.8. The van der Waals surface area contributed by atoms with Crippen LogP contribution in [0.4, 0.5) is 5.82 Å².